The van der Waals surface area contributed by atoms with Crippen LogP contribution in [-0.2, 0) is 18.6 Å². The molecule has 1 aromatic carbocycles. The maximum atomic E-state index is 13.7. The Morgan fingerprint density at radius 3 is 2.76 bits per heavy atom. The van der Waals surface area contributed by atoms with Crippen molar-refractivity contribution in [3.63, 3.8) is 0 Å². The Labute approximate surface area is 212 Å². The Bertz CT molecular complexity index is 1420. The van der Waals surface area contributed by atoms with E-state index in [1.807, 2.05) is 0 Å². The van der Waals surface area contributed by atoms with Gasteiger partial charge in [0.05, 0.1) is 19.3 Å². The fraction of sp³-hybridized carbons (Fsp3) is 0.391. The lowest BCUT2D eigenvalue weighted by molar-refractivity contribution is -0.149. The molecular formula is C23H29N6O7P. The van der Waals surface area contributed by atoms with Gasteiger partial charge in [-0.25, -0.2) is 9.55 Å². The lowest BCUT2D eigenvalue weighted by Gasteiger charge is -2.24. The molecule has 3 aromatic rings. The first-order valence-electron chi connectivity index (χ1n) is 11.6. The second-order valence-electron chi connectivity index (χ2n) is 9.06. The minimum absolute atomic E-state index is 0.0552. The van der Waals surface area contributed by atoms with E-state index in [2.05, 4.69) is 20.0 Å². The van der Waals surface area contributed by atoms with Crippen LogP contribution in [-0.4, -0.2) is 56.0 Å². The lowest BCUT2D eigenvalue weighted by Crippen LogP contribution is -2.36. The Balaban J connectivity index is 1.54. The van der Waals surface area contributed by atoms with Gasteiger partial charge in [0.1, 0.15) is 18.1 Å². The van der Waals surface area contributed by atoms with E-state index in [9.17, 15) is 19.3 Å². The van der Waals surface area contributed by atoms with E-state index in [1.165, 1.54) is 17.8 Å². The van der Waals surface area contributed by atoms with Crippen LogP contribution in [0.15, 0.2) is 47.0 Å². The molecule has 4 rings (SSSR count). The molecule has 0 aliphatic heterocycles. The zero-order valence-electron chi connectivity index (χ0n) is 20.6. The van der Waals surface area contributed by atoms with E-state index < -0.39 is 30.7 Å². The summed E-state index contributed by atoms with van der Waals surface area (Å²) in [5, 5.41) is 12.8. The van der Waals surface area contributed by atoms with Crippen LogP contribution in [0.5, 0.6) is 5.75 Å². The molecule has 0 saturated heterocycles. The van der Waals surface area contributed by atoms with Gasteiger partial charge < -0.3 is 20.1 Å². The predicted molar refractivity (Wildman–Crippen MR) is 135 cm³/mol. The molecule has 0 spiro atoms. The molecule has 2 heterocycles. The summed E-state index contributed by atoms with van der Waals surface area (Å²) in [4.78, 5) is 34.9. The molecule has 0 amide bonds. The second-order valence-corrected chi connectivity index (χ2v) is 10.8. The van der Waals surface area contributed by atoms with Crippen LogP contribution in [0.4, 0.5) is 5.95 Å². The number of nitrogens with zero attached hydrogens (tertiary/aromatic N) is 3. The number of esters is 1. The molecule has 1 saturated carbocycles. The number of aromatic nitrogens is 4. The number of para-hydroxylation sites is 1. The molecule has 2 aromatic heterocycles. The number of aliphatic hydroxyl groups is 1. The lowest BCUT2D eigenvalue weighted by atomic mass is 10.1. The Kier molecular flexibility index (Phi) is 7.51. The monoisotopic (exact) mass is 532 g/mol. The van der Waals surface area contributed by atoms with Crippen molar-refractivity contribution in [3.8, 4) is 5.75 Å². The predicted octanol–water partition coefficient (Wildman–Crippen LogP) is 2.06. The van der Waals surface area contributed by atoms with Crippen molar-refractivity contribution >= 4 is 37.0 Å². The number of H-pyrrole nitrogens is 1. The highest BCUT2D eigenvalue weighted by atomic mass is 31.2. The zero-order valence-corrected chi connectivity index (χ0v) is 21.5. The number of imidazole rings is 1. The highest BCUT2D eigenvalue weighted by Crippen LogP contribution is 2.56. The largest absolute Gasteiger partial charge is 0.462 e. The molecule has 3 atom stereocenters. The summed E-state index contributed by atoms with van der Waals surface area (Å²) in [6.45, 7) is 4.41. The number of aliphatic hydroxyl groups excluding tert-OH is 1. The van der Waals surface area contributed by atoms with Crippen LogP contribution in [0, 0.1) is 5.41 Å². The number of nitrogens with two attached hydrogens (primary N) is 1. The van der Waals surface area contributed by atoms with Gasteiger partial charge in [0.15, 0.2) is 11.2 Å². The van der Waals surface area contributed by atoms with Crippen LogP contribution < -0.4 is 20.9 Å². The van der Waals surface area contributed by atoms with Gasteiger partial charge in [0.25, 0.3) is 5.56 Å². The van der Waals surface area contributed by atoms with Crippen molar-refractivity contribution in [1.82, 2.24) is 24.6 Å². The highest BCUT2D eigenvalue weighted by molar-refractivity contribution is 7.52. The average Bonchev–Trinajstić information content (AvgIpc) is 3.38. The van der Waals surface area contributed by atoms with Gasteiger partial charge in [-0.15, -0.1) is 0 Å². The Hall–Kier alpha value is -3.51. The van der Waals surface area contributed by atoms with Gasteiger partial charge >= 0.3 is 13.7 Å². The molecule has 14 heteroatoms. The number of hydrogen-bond acceptors (Lipinski definition) is 10. The van der Waals surface area contributed by atoms with Crippen LogP contribution in [0.2, 0.25) is 0 Å². The van der Waals surface area contributed by atoms with Crippen LogP contribution in [0.3, 0.4) is 0 Å². The molecule has 13 nitrogen and oxygen atoms in total. The molecule has 1 fully saturated rings. The van der Waals surface area contributed by atoms with Gasteiger partial charge in [0.2, 0.25) is 5.95 Å². The molecule has 37 heavy (non-hydrogen) atoms. The van der Waals surface area contributed by atoms with Gasteiger partial charge in [0, 0.05) is 11.6 Å². The fourth-order valence-electron chi connectivity index (χ4n) is 3.60. The van der Waals surface area contributed by atoms with Gasteiger partial charge in [-0.05, 0) is 44.9 Å². The van der Waals surface area contributed by atoms with E-state index in [-0.39, 0.29) is 42.2 Å². The summed E-state index contributed by atoms with van der Waals surface area (Å²) < 4.78 is 31.8. The summed E-state index contributed by atoms with van der Waals surface area (Å²) in [5.41, 5.74) is 5.44. The first kappa shape index (κ1) is 26.6. The smallest absolute Gasteiger partial charge is 0.459 e. The molecule has 1 aliphatic rings. The number of nitrogens with one attached hydrogen (secondary N) is 2. The van der Waals surface area contributed by atoms with Crippen LogP contribution in [0.1, 0.15) is 27.2 Å². The van der Waals surface area contributed by atoms with Crippen LogP contribution >= 0.6 is 7.75 Å². The summed E-state index contributed by atoms with van der Waals surface area (Å²) >= 11 is 0. The molecule has 0 radical (unpaired) electrons. The van der Waals surface area contributed by atoms with Crippen molar-refractivity contribution in [2.75, 3.05) is 18.9 Å². The van der Waals surface area contributed by atoms with Crippen LogP contribution in [0.25, 0.3) is 17.4 Å². The molecule has 0 bridgehead atoms. The minimum atomic E-state index is -4.10. The third-order valence-corrected chi connectivity index (χ3v) is 7.29. The van der Waals surface area contributed by atoms with E-state index in [0.29, 0.717) is 6.42 Å². The topological polar surface area (TPSA) is 184 Å². The molecule has 5 N–H and O–H groups in total. The number of aromatic amines is 1. The first-order chi connectivity index (χ1) is 17.5. The molecular weight excluding hydrogens is 503 g/mol. The Morgan fingerprint density at radius 2 is 2.08 bits per heavy atom. The van der Waals surface area contributed by atoms with Crippen molar-refractivity contribution in [2.24, 2.45) is 5.41 Å². The quantitative estimate of drug-likeness (QED) is 0.209. The molecule has 198 valence electrons. The minimum Gasteiger partial charge on any atom is -0.462 e. The number of fused-ring (bicyclic) bond motifs is 1. The van der Waals surface area contributed by atoms with E-state index in [0.717, 1.165) is 5.57 Å². The standard InChI is InChI=1S/C23H29N6O7P/c1-14(2)35-21(32)15(3)28-37(33,36-17-7-5-4-6-8-17)34-12-23(11-30)9-16(23)10-29-13-25-18-19(29)26-22(24)27-20(18)31/h4-8,10,13-15,30H,9,11-12H2,1-3H3,(H,28,33)(H3,24,26,27,31)/b16-10-/t15-,23-,37-/m0/s1. The number of nitrogen functional groups attached to an aromatic ring is 1. The van der Waals surface area contributed by atoms with Gasteiger partial charge in [-0.3, -0.25) is 23.7 Å². The maximum Gasteiger partial charge on any atom is 0.459 e. The van der Waals surface area contributed by atoms with Crippen molar-refractivity contribution in [2.45, 2.75) is 39.3 Å². The number of ether oxygens (including phenoxy) is 1. The van der Waals surface area contributed by atoms with E-state index in [1.54, 1.807) is 50.4 Å². The average molecular weight is 532 g/mol. The number of carbonyl (C=O) groups excluding carboxylic acids is 1. The van der Waals surface area contributed by atoms with E-state index in [4.69, 9.17) is 19.5 Å². The van der Waals surface area contributed by atoms with Gasteiger partial charge in [-0.1, -0.05) is 18.2 Å². The molecule has 1 aliphatic carbocycles. The van der Waals surface area contributed by atoms with Crippen molar-refractivity contribution in [3.05, 3.63) is 52.6 Å². The SMILES string of the molecule is CC(C)OC(=O)[C@H](C)N[P@](=O)(OC[C@@]1(CO)C/C1=C/n1cnc2c(=O)[nH]c(N)nc21)Oc1ccccc1. The number of anilines is 1. The third-order valence-electron chi connectivity index (χ3n) is 5.67. The van der Waals surface area contributed by atoms with Crippen molar-refractivity contribution in [1.29, 1.82) is 0 Å². The fourth-order valence-corrected chi connectivity index (χ4v) is 5.17. The Morgan fingerprint density at radius 1 is 1.35 bits per heavy atom. The van der Waals surface area contributed by atoms with E-state index >= 15 is 0 Å². The number of hydrogen-bond donors (Lipinski definition) is 4. The van der Waals surface area contributed by atoms with Gasteiger partial charge in [-0.2, -0.15) is 10.1 Å². The maximum absolute atomic E-state index is 13.7. The summed E-state index contributed by atoms with van der Waals surface area (Å²) in [6.07, 6.45) is 3.13. The first-order valence-corrected chi connectivity index (χ1v) is 13.1. The summed E-state index contributed by atoms with van der Waals surface area (Å²) in [7, 11) is -4.10. The second kappa shape index (κ2) is 10.5. The summed E-state index contributed by atoms with van der Waals surface area (Å²) in [5.74, 6) is -0.403. The zero-order chi connectivity index (χ0) is 26.8. The number of rotatable bonds is 11. The highest BCUT2D eigenvalue weighted by Gasteiger charge is 2.51. The molecule has 0 unspecified atom stereocenters. The number of benzene rings is 1. The number of carbonyl (C=O) groups is 1. The summed E-state index contributed by atoms with van der Waals surface area (Å²) in [6, 6.07) is 7.38. The normalized spacial score (nSPS) is 20.6. The third kappa shape index (κ3) is 6.08. The van der Waals surface area contributed by atoms with Crippen molar-refractivity contribution < 1.29 is 28.3 Å².